The van der Waals surface area contributed by atoms with Gasteiger partial charge in [-0.2, -0.15) is 0 Å². The summed E-state index contributed by atoms with van der Waals surface area (Å²) in [7, 11) is 0. The van der Waals surface area contributed by atoms with Crippen LogP contribution in [0.15, 0.2) is 30.3 Å². The predicted molar refractivity (Wildman–Crippen MR) is 91.9 cm³/mol. The van der Waals surface area contributed by atoms with Gasteiger partial charge in [0.25, 0.3) is 0 Å². The van der Waals surface area contributed by atoms with Gasteiger partial charge in [0.15, 0.2) is 11.6 Å². The third kappa shape index (κ3) is 2.34. The fourth-order valence-corrected chi connectivity index (χ4v) is 3.64. The molecule has 0 saturated heterocycles. The predicted octanol–water partition coefficient (Wildman–Crippen LogP) is 6.04. The zero-order valence-corrected chi connectivity index (χ0v) is 14.0. The van der Waals surface area contributed by atoms with Crippen LogP contribution in [0.25, 0.3) is 16.7 Å². The Kier molecular flexibility index (Phi) is 3.67. The summed E-state index contributed by atoms with van der Waals surface area (Å²) in [6, 6.07) is 7.27. The van der Waals surface area contributed by atoms with Gasteiger partial charge in [0.1, 0.15) is 12.4 Å². The lowest BCUT2D eigenvalue weighted by molar-refractivity contribution is 0.280. The van der Waals surface area contributed by atoms with Gasteiger partial charge < -0.3 is 4.74 Å². The van der Waals surface area contributed by atoms with Crippen molar-refractivity contribution in [1.82, 2.24) is 0 Å². The number of ether oxygens (including phenoxy) is 1. The van der Waals surface area contributed by atoms with Crippen molar-refractivity contribution in [1.29, 1.82) is 0 Å². The highest BCUT2D eigenvalue weighted by Gasteiger charge is 2.26. The molecule has 0 radical (unpaired) electrons. The first-order valence-electron chi connectivity index (χ1n) is 8.49. The summed E-state index contributed by atoms with van der Waals surface area (Å²) in [5.74, 6) is 0.332. The SMILES string of the molecule is Cc1ccc2c(c1F)COc1c-2ccc(C2=CCC(C)CC2)c1F. The average molecular weight is 326 g/mol. The highest BCUT2D eigenvalue weighted by molar-refractivity contribution is 5.79. The minimum Gasteiger partial charge on any atom is -0.485 e. The van der Waals surface area contributed by atoms with Crippen molar-refractivity contribution in [3.63, 3.8) is 0 Å². The monoisotopic (exact) mass is 326 g/mol. The molecule has 3 heteroatoms. The van der Waals surface area contributed by atoms with Gasteiger partial charge in [0.2, 0.25) is 0 Å². The summed E-state index contributed by atoms with van der Waals surface area (Å²) >= 11 is 0. The van der Waals surface area contributed by atoms with Gasteiger partial charge in [-0.15, -0.1) is 0 Å². The lowest BCUT2D eigenvalue weighted by atomic mass is 9.86. The van der Waals surface area contributed by atoms with Crippen molar-refractivity contribution in [2.75, 3.05) is 0 Å². The molecular weight excluding hydrogens is 306 g/mol. The molecular formula is C21H20F2O. The van der Waals surface area contributed by atoms with Crippen LogP contribution in [0.2, 0.25) is 0 Å². The molecule has 2 aromatic rings. The summed E-state index contributed by atoms with van der Waals surface area (Å²) in [6.07, 6.45) is 5.09. The van der Waals surface area contributed by atoms with Crippen LogP contribution in [0.4, 0.5) is 8.78 Å². The number of aryl methyl sites for hydroxylation is 1. The maximum Gasteiger partial charge on any atom is 0.173 e. The minimum atomic E-state index is -0.320. The van der Waals surface area contributed by atoms with E-state index < -0.39 is 0 Å². The van der Waals surface area contributed by atoms with Crippen LogP contribution in [0.3, 0.4) is 0 Å². The van der Waals surface area contributed by atoms with Crippen molar-refractivity contribution >= 4 is 5.57 Å². The van der Waals surface area contributed by atoms with Crippen LogP contribution in [0, 0.1) is 24.5 Å². The molecule has 4 rings (SSSR count). The molecule has 124 valence electrons. The molecule has 2 aliphatic rings. The van der Waals surface area contributed by atoms with Crippen LogP contribution in [-0.4, -0.2) is 0 Å². The van der Waals surface area contributed by atoms with E-state index in [1.807, 2.05) is 18.2 Å². The standard InChI is InChI=1S/C21H20F2O/c1-12-3-6-14(7-4-12)15-9-10-17-16-8-5-13(2)19(22)18(16)11-24-21(17)20(15)23/h5-6,8-10,12H,3-4,7,11H2,1-2H3. The molecule has 0 amide bonds. The summed E-state index contributed by atoms with van der Waals surface area (Å²) in [5, 5.41) is 0. The van der Waals surface area contributed by atoms with Crippen LogP contribution in [0.1, 0.15) is 42.9 Å². The third-order valence-corrected chi connectivity index (χ3v) is 5.20. The molecule has 0 fully saturated rings. The second kappa shape index (κ2) is 5.73. The van der Waals surface area contributed by atoms with Crippen molar-refractivity contribution in [3.05, 3.63) is 58.7 Å². The van der Waals surface area contributed by atoms with E-state index in [2.05, 4.69) is 13.0 Å². The Morgan fingerprint density at radius 1 is 1.00 bits per heavy atom. The number of hydrogen-bond donors (Lipinski definition) is 0. The molecule has 1 aliphatic heterocycles. The molecule has 0 N–H and O–H groups in total. The van der Waals surface area contributed by atoms with E-state index in [4.69, 9.17) is 4.74 Å². The maximum atomic E-state index is 15.1. The molecule has 2 aromatic carbocycles. The smallest absolute Gasteiger partial charge is 0.173 e. The number of allylic oxidation sites excluding steroid dienone is 2. The zero-order chi connectivity index (χ0) is 16.8. The van der Waals surface area contributed by atoms with Gasteiger partial charge >= 0.3 is 0 Å². The number of halogens is 2. The quantitative estimate of drug-likeness (QED) is 0.621. The Hall–Kier alpha value is -2.16. The molecule has 1 heterocycles. The lowest BCUT2D eigenvalue weighted by Gasteiger charge is -2.25. The minimum absolute atomic E-state index is 0.0757. The van der Waals surface area contributed by atoms with E-state index >= 15 is 4.39 Å². The first-order chi connectivity index (χ1) is 11.6. The van der Waals surface area contributed by atoms with Crippen molar-refractivity contribution in [2.24, 2.45) is 5.92 Å². The Bertz CT molecular complexity index is 851. The number of fused-ring (bicyclic) bond motifs is 3. The van der Waals surface area contributed by atoms with E-state index in [1.54, 1.807) is 13.0 Å². The van der Waals surface area contributed by atoms with Crippen LogP contribution >= 0.6 is 0 Å². The van der Waals surface area contributed by atoms with E-state index in [1.165, 1.54) is 0 Å². The highest BCUT2D eigenvalue weighted by Crippen LogP contribution is 2.43. The van der Waals surface area contributed by atoms with Gasteiger partial charge in [-0.25, -0.2) is 8.78 Å². The fourth-order valence-electron chi connectivity index (χ4n) is 3.64. The molecule has 24 heavy (non-hydrogen) atoms. The van der Waals surface area contributed by atoms with Gasteiger partial charge in [0.05, 0.1) is 0 Å². The Morgan fingerprint density at radius 2 is 1.75 bits per heavy atom. The number of hydrogen-bond acceptors (Lipinski definition) is 1. The van der Waals surface area contributed by atoms with Crippen LogP contribution in [0.5, 0.6) is 5.75 Å². The van der Waals surface area contributed by atoms with Crippen LogP contribution < -0.4 is 4.74 Å². The number of benzene rings is 2. The summed E-state index contributed by atoms with van der Waals surface area (Å²) in [4.78, 5) is 0. The molecule has 1 atom stereocenters. The third-order valence-electron chi connectivity index (χ3n) is 5.20. The highest BCUT2D eigenvalue weighted by atomic mass is 19.1. The summed E-state index contributed by atoms with van der Waals surface area (Å²) in [6.45, 7) is 4.02. The van der Waals surface area contributed by atoms with Crippen molar-refractivity contribution < 1.29 is 13.5 Å². The zero-order valence-electron chi connectivity index (χ0n) is 14.0. The molecule has 0 aromatic heterocycles. The largest absolute Gasteiger partial charge is 0.485 e. The molecule has 0 spiro atoms. The Labute approximate surface area is 141 Å². The topological polar surface area (TPSA) is 9.23 Å². The first-order valence-corrected chi connectivity index (χ1v) is 8.49. The normalized spacial score (nSPS) is 19.2. The maximum absolute atomic E-state index is 15.1. The summed E-state index contributed by atoms with van der Waals surface area (Å²) in [5.41, 5.74) is 4.14. The number of rotatable bonds is 1. The van der Waals surface area contributed by atoms with Gasteiger partial charge in [-0.1, -0.05) is 31.2 Å². The van der Waals surface area contributed by atoms with E-state index in [-0.39, 0.29) is 24.0 Å². The first kappa shape index (κ1) is 15.4. The molecule has 1 nitrogen and oxygen atoms in total. The molecule has 0 bridgehead atoms. The van der Waals surface area contributed by atoms with Crippen molar-refractivity contribution in [3.8, 4) is 16.9 Å². The van der Waals surface area contributed by atoms with Crippen molar-refractivity contribution in [2.45, 2.75) is 39.7 Å². The van der Waals surface area contributed by atoms with E-state index in [9.17, 15) is 4.39 Å². The van der Waals surface area contributed by atoms with E-state index in [0.29, 0.717) is 28.2 Å². The molecule has 1 unspecified atom stereocenters. The van der Waals surface area contributed by atoms with Gasteiger partial charge in [-0.05, 0) is 54.9 Å². The Morgan fingerprint density at radius 3 is 2.50 bits per heavy atom. The Balaban J connectivity index is 1.82. The van der Waals surface area contributed by atoms with E-state index in [0.717, 1.165) is 30.4 Å². The summed E-state index contributed by atoms with van der Waals surface area (Å²) < 4.78 is 35.0. The van der Waals surface area contributed by atoms with Gasteiger partial charge in [0, 0.05) is 16.7 Å². The second-order valence-electron chi connectivity index (χ2n) is 6.92. The average Bonchev–Trinajstić information content (AvgIpc) is 2.59. The lowest BCUT2D eigenvalue weighted by Crippen LogP contribution is -2.11. The molecule has 1 aliphatic carbocycles. The van der Waals surface area contributed by atoms with Gasteiger partial charge in [-0.3, -0.25) is 0 Å². The molecule has 0 saturated carbocycles. The fraction of sp³-hybridized carbons (Fsp3) is 0.333. The second-order valence-corrected chi connectivity index (χ2v) is 6.92. The van der Waals surface area contributed by atoms with Crippen LogP contribution in [-0.2, 0) is 6.61 Å².